The van der Waals surface area contributed by atoms with Gasteiger partial charge in [-0.2, -0.15) is 0 Å². The standard InChI is InChI=1S/C15H19NO3.ClH/c1-12(17)15(8-10-16(2)11-9-15)19-14(18)13-6-4-3-5-7-13;/h3-7H,8-11H2,1-2H3;1H. The minimum absolute atomic E-state index is 0. The van der Waals surface area contributed by atoms with Gasteiger partial charge in [-0.05, 0) is 26.1 Å². The fraction of sp³-hybridized carbons (Fsp3) is 0.467. The molecule has 1 aliphatic rings. The summed E-state index contributed by atoms with van der Waals surface area (Å²) in [6.07, 6.45) is 1.13. The second kappa shape index (κ2) is 6.86. The summed E-state index contributed by atoms with van der Waals surface area (Å²) < 4.78 is 5.56. The molecule has 0 bridgehead atoms. The average molecular weight is 298 g/mol. The number of esters is 1. The number of piperidine rings is 1. The smallest absolute Gasteiger partial charge is 0.339 e. The van der Waals surface area contributed by atoms with Crippen LogP contribution in [0.25, 0.3) is 0 Å². The van der Waals surface area contributed by atoms with Crippen LogP contribution < -0.4 is 0 Å². The summed E-state index contributed by atoms with van der Waals surface area (Å²) in [5.41, 5.74) is -0.457. The van der Waals surface area contributed by atoms with Crippen molar-refractivity contribution in [2.45, 2.75) is 25.4 Å². The lowest BCUT2D eigenvalue weighted by molar-refractivity contribution is -0.141. The number of ether oxygens (including phenoxy) is 1. The normalized spacial score (nSPS) is 17.9. The second-order valence-electron chi connectivity index (χ2n) is 5.11. The van der Waals surface area contributed by atoms with Crippen molar-refractivity contribution < 1.29 is 14.3 Å². The highest BCUT2D eigenvalue weighted by molar-refractivity contribution is 5.94. The Morgan fingerprint density at radius 1 is 1.15 bits per heavy atom. The summed E-state index contributed by atoms with van der Waals surface area (Å²) in [6, 6.07) is 8.81. The Morgan fingerprint density at radius 3 is 2.20 bits per heavy atom. The van der Waals surface area contributed by atoms with E-state index in [9.17, 15) is 9.59 Å². The molecule has 1 heterocycles. The number of halogens is 1. The number of hydrogen-bond donors (Lipinski definition) is 0. The predicted molar refractivity (Wildman–Crippen MR) is 79.2 cm³/mol. The first-order chi connectivity index (χ1) is 9.03. The third kappa shape index (κ3) is 3.58. The van der Waals surface area contributed by atoms with Gasteiger partial charge in [-0.15, -0.1) is 12.4 Å². The van der Waals surface area contributed by atoms with Crippen LogP contribution in [0.15, 0.2) is 30.3 Å². The first-order valence-electron chi connectivity index (χ1n) is 6.51. The molecule has 0 amide bonds. The molecule has 4 nitrogen and oxygen atoms in total. The maximum absolute atomic E-state index is 12.1. The fourth-order valence-corrected chi connectivity index (χ4v) is 2.32. The maximum Gasteiger partial charge on any atom is 0.339 e. The summed E-state index contributed by atoms with van der Waals surface area (Å²) in [5, 5.41) is 0. The van der Waals surface area contributed by atoms with Gasteiger partial charge < -0.3 is 9.64 Å². The van der Waals surface area contributed by atoms with E-state index in [-0.39, 0.29) is 18.2 Å². The van der Waals surface area contributed by atoms with E-state index >= 15 is 0 Å². The third-order valence-electron chi connectivity index (χ3n) is 3.73. The van der Waals surface area contributed by atoms with Crippen LogP contribution in [-0.4, -0.2) is 42.4 Å². The van der Waals surface area contributed by atoms with E-state index < -0.39 is 11.6 Å². The summed E-state index contributed by atoms with van der Waals surface area (Å²) in [5.74, 6) is -0.481. The van der Waals surface area contributed by atoms with E-state index in [0.717, 1.165) is 13.1 Å². The van der Waals surface area contributed by atoms with E-state index in [1.807, 2.05) is 13.1 Å². The molecule has 5 heteroatoms. The van der Waals surface area contributed by atoms with Crippen molar-refractivity contribution >= 4 is 24.2 Å². The number of likely N-dealkylation sites (tertiary alicyclic amines) is 1. The molecule has 1 fully saturated rings. The number of rotatable bonds is 3. The monoisotopic (exact) mass is 297 g/mol. The molecular weight excluding hydrogens is 278 g/mol. The van der Waals surface area contributed by atoms with Crippen LogP contribution in [-0.2, 0) is 9.53 Å². The minimum atomic E-state index is -0.945. The molecule has 0 atom stereocenters. The molecule has 0 aliphatic carbocycles. The Balaban J connectivity index is 0.00000200. The highest BCUT2D eigenvalue weighted by Crippen LogP contribution is 2.28. The number of benzene rings is 1. The molecule has 2 rings (SSSR count). The van der Waals surface area contributed by atoms with Gasteiger partial charge in [0.25, 0.3) is 0 Å². The quantitative estimate of drug-likeness (QED) is 0.803. The summed E-state index contributed by atoms with van der Waals surface area (Å²) in [7, 11) is 2.00. The Hall–Kier alpha value is -1.39. The molecular formula is C15H20ClNO3. The first kappa shape index (κ1) is 16.7. The Bertz CT molecular complexity index is 467. The van der Waals surface area contributed by atoms with E-state index in [0.29, 0.717) is 18.4 Å². The number of carbonyl (C=O) groups excluding carboxylic acids is 2. The van der Waals surface area contributed by atoms with Gasteiger partial charge in [-0.1, -0.05) is 18.2 Å². The van der Waals surface area contributed by atoms with Crippen molar-refractivity contribution in [1.82, 2.24) is 4.90 Å². The lowest BCUT2D eigenvalue weighted by Gasteiger charge is -2.38. The molecule has 0 spiro atoms. The van der Waals surface area contributed by atoms with Crippen molar-refractivity contribution in [2.75, 3.05) is 20.1 Å². The van der Waals surface area contributed by atoms with Gasteiger partial charge in [-0.3, -0.25) is 4.79 Å². The zero-order valence-corrected chi connectivity index (χ0v) is 12.6. The largest absolute Gasteiger partial charge is 0.447 e. The van der Waals surface area contributed by atoms with Crippen molar-refractivity contribution in [3.63, 3.8) is 0 Å². The van der Waals surface area contributed by atoms with Crippen LogP contribution in [0.3, 0.4) is 0 Å². The van der Waals surface area contributed by atoms with Crippen molar-refractivity contribution in [3.8, 4) is 0 Å². The van der Waals surface area contributed by atoms with Gasteiger partial charge in [0.05, 0.1) is 5.56 Å². The second-order valence-corrected chi connectivity index (χ2v) is 5.11. The first-order valence-corrected chi connectivity index (χ1v) is 6.51. The molecule has 20 heavy (non-hydrogen) atoms. The Kier molecular flexibility index (Phi) is 5.72. The van der Waals surface area contributed by atoms with Crippen molar-refractivity contribution in [2.24, 2.45) is 0 Å². The number of ketones is 1. The van der Waals surface area contributed by atoms with E-state index in [4.69, 9.17) is 4.74 Å². The summed E-state index contributed by atoms with van der Waals surface area (Å²) >= 11 is 0. The Morgan fingerprint density at radius 2 is 1.70 bits per heavy atom. The molecule has 110 valence electrons. The molecule has 0 unspecified atom stereocenters. The van der Waals surface area contributed by atoms with Gasteiger partial charge in [-0.25, -0.2) is 4.79 Å². The van der Waals surface area contributed by atoms with Crippen LogP contribution in [0.4, 0.5) is 0 Å². The van der Waals surface area contributed by atoms with Crippen LogP contribution in [0.5, 0.6) is 0 Å². The highest BCUT2D eigenvalue weighted by Gasteiger charge is 2.42. The zero-order valence-electron chi connectivity index (χ0n) is 11.8. The van der Waals surface area contributed by atoms with Crippen LogP contribution in [0.1, 0.15) is 30.1 Å². The molecule has 0 saturated carbocycles. The van der Waals surface area contributed by atoms with Gasteiger partial charge in [0.1, 0.15) is 0 Å². The van der Waals surface area contributed by atoms with E-state index in [1.54, 1.807) is 24.3 Å². The number of Topliss-reactive ketones (excluding diaryl/α,β-unsaturated/α-hetero) is 1. The minimum Gasteiger partial charge on any atom is -0.447 e. The molecule has 0 N–H and O–H groups in total. The van der Waals surface area contributed by atoms with Gasteiger partial charge in [0, 0.05) is 25.9 Å². The third-order valence-corrected chi connectivity index (χ3v) is 3.73. The molecule has 1 saturated heterocycles. The van der Waals surface area contributed by atoms with Crippen LogP contribution in [0, 0.1) is 0 Å². The van der Waals surface area contributed by atoms with E-state index in [1.165, 1.54) is 6.92 Å². The van der Waals surface area contributed by atoms with Gasteiger partial charge in [0.15, 0.2) is 11.4 Å². The molecule has 1 aliphatic heterocycles. The fourth-order valence-electron chi connectivity index (χ4n) is 2.32. The number of hydrogen-bond acceptors (Lipinski definition) is 4. The lowest BCUT2D eigenvalue weighted by Crippen LogP contribution is -2.50. The van der Waals surface area contributed by atoms with Crippen LogP contribution in [0.2, 0.25) is 0 Å². The lowest BCUT2D eigenvalue weighted by atomic mass is 9.87. The van der Waals surface area contributed by atoms with Crippen molar-refractivity contribution in [1.29, 1.82) is 0 Å². The number of carbonyl (C=O) groups is 2. The molecule has 0 radical (unpaired) electrons. The van der Waals surface area contributed by atoms with Crippen LogP contribution >= 0.6 is 12.4 Å². The summed E-state index contributed by atoms with van der Waals surface area (Å²) in [4.78, 5) is 26.2. The summed E-state index contributed by atoms with van der Waals surface area (Å²) in [6.45, 7) is 3.03. The van der Waals surface area contributed by atoms with E-state index in [2.05, 4.69) is 4.90 Å². The molecule has 1 aromatic carbocycles. The van der Waals surface area contributed by atoms with Gasteiger partial charge in [0.2, 0.25) is 0 Å². The molecule has 0 aromatic heterocycles. The zero-order chi connectivity index (χ0) is 13.9. The SMILES string of the molecule is CC(=O)C1(OC(=O)c2ccccc2)CCN(C)CC1.Cl. The topological polar surface area (TPSA) is 46.6 Å². The average Bonchev–Trinajstić information content (AvgIpc) is 2.42. The Labute approximate surface area is 125 Å². The van der Waals surface area contributed by atoms with Gasteiger partial charge >= 0.3 is 5.97 Å². The highest BCUT2D eigenvalue weighted by atomic mass is 35.5. The predicted octanol–water partition coefficient (Wildman–Crippen LogP) is 2.32. The number of nitrogens with zero attached hydrogens (tertiary/aromatic N) is 1. The van der Waals surface area contributed by atoms with Crippen molar-refractivity contribution in [3.05, 3.63) is 35.9 Å². The molecule has 1 aromatic rings. The maximum atomic E-state index is 12.1.